The maximum Gasteiger partial charge on any atom is 0.227 e. The Balaban J connectivity index is 1.71. The van der Waals surface area contributed by atoms with Gasteiger partial charge in [0.15, 0.2) is 0 Å². The summed E-state index contributed by atoms with van der Waals surface area (Å²) >= 11 is 5.92. The van der Waals surface area contributed by atoms with Crippen LogP contribution in [0.15, 0.2) is 42.5 Å². The van der Waals surface area contributed by atoms with Gasteiger partial charge in [-0.3, -0.25) is 9.59 Å². The lowest BCUT2D eigenvalue weighted by molar-refractivity contribution is -0.123. The molecule has 1 heterocycles. The fourth-order valence-corrected chi connectivity index (χ4v) is 4.94. The number of methoxy groups -OCH3 is 1. The number of carbonyl (C=O) groups excluding carboxylic acids is 2. The summed E-state index contributed by atoms with van der Waals surface area (Å²) in [5.74, 6) is -0.436. The van der Waals surface area contributed by atoms with Crippen molar-refractivity contribution in [1.29, 1.82) is 0 Å². The van der Waals surface area contributed by atoms with Gasteiger partial charge in [0.2, 0.25) is 5.91 Å². The highest BCUT2D eigenvalue weighted by atomic mass is 35.5. The van der Waals surface area contributed by atoms with Crippen LogP contribution in [0.5, 0.6) is 5.75 Å². The molecule has 1 fully saturated rings. The van der Waals surface area contributed by atoms with E-state index < -0.39 is 17.4 Å². The molecule has 1 aliphatic carbocycles. The van der Waals surface area contributed by atoms with Gasteiger partial charge in [0.05, 0.1) is 18.4 Å². The summed E-state index contributed by atoms with van der Waals surface area (Å²) in [6, 6.07) is 12.6. The lowest BCUT2D eigenvalue weighted by Crippen LogP contribution is -2.23. The maximum absolute atomic E-state index is 13.2. The Hall–Kier alpha value is -2.83. The molecule has 2 atom stereocenters. The molecule has 1 amide bonds. The normalized spacial score (nSPS) is 18.9. The molecule has 2 unspecified atom stereocenters. The van der Waals surface area contributed by atoms with Gasteiger partial charge in [-0.2, -0.15) is 0 Å². The van der Waals surface area contributed by atoms with Crippen LogP contribution in [0.3, 0.4) is 0 Å². The summed E-state index contributed by atoms with van der Waals surface area (Å²) < 4.78 is 7.33. The van der Waals surface area contributed by atoms with Crippen LogP contribution in [0.4, 0.5) is 5.69 Å². The summed E-state index contributed by atoms with van der Waals surface area (Å²) in [6.07, 6.45) is 0.549. The molecule has 2 aromatic carbocycles. The van der Waals surface area contributed by atoms with Gasteiger partial charge in [-0.25, -0.2) is 0 Å². The van der Waals surface area contributed by atoms with Gasteiger partial charge in [0.25, 0.3) is 0 Å². The Morgan fingerprint density at radius 1 is 1.22 bits per heavy atom. The summed E-state index contributed by atoms with van der Waals surface area (Å²) in [4.78, 5) is 26.1. The smallest absolute Gasteiger partial charge is 0.227 e. The molecule has 32 heavy (non-hydrogen) atoms. The number of Topliss-reactive ketones (excluding diaryl/α,β-unsaturated/α-hetero) is 1. The van der Waals surface area contributed by atoms with E-state index in [4.69, 9.17) is 16.3 Å². The predicted octanol–water partition coefficient (Wildman–Crippen LogP) is 4.77. The van der Waals surface area contributed by atoms with Crippen LogP contribution in [0.25, 0.3) is 10.9 Å². The van der Waals surface area contributed by atoms with E-state index in [-0.39, 0.29) is 18.1 Å². The average Bonchev–Trinajstić information content (AvgIpc) is 3.26. The van der Waals surface area contributed by atoms with Crippen molar-refractivity contribution < 1.29 is 19.4 Å². The SMILES string of the molecule is COc1ccc2c(c1)c(C1CC(C(=O)Nc3ccc(Cl)cc3)CC1=O)c(C(C)(C)O)n2C. The van der Waals surface area contributed by atoms with E-state index in [2.05, 4.69) is 5.32 Å². The Labute approximate surface area is 192 Å². The second-order valence-corrected chi connectivity index (χ2v) is 9.35. The molecule has 4 rings (SSSR count). The van der Waals surface area contributed by atoms with E-state index in [1.165, 1.54) is 0 Å². The van der Waals surface area contributed by atoms with Crippen molar-refractivity contribution in [2.75, 3.05) is 12.4 Å². The first-order valence-corrected chi connectivity index (χ1v) is 11.0. The number of carbonyl (C=O) groups is 2. The third-order valence-corrected chi connectivity index (χ3v) is 6.46. The molecule has 1 aromatic heterocycles. The number of hydrogen-bond donors (Lipinski definition) is 2. The van der Waals surface area contributed by atoms with Crippen LogP contribution in [0, 0.1) is 5.92 Å². The molecule has 7 heteroatoms. The number of ether oxygens (including phenoxy) is 1. The molecule has 0 radical (unpaired) electrons. The van der Waals surface area contributed by atoms with Gasteiger partial charge < -0.3 is 19.7 Å². The number of aromatic nitrogens is 1. The fourth-order valence-electron chi connectivity index (χ4n) is 4.81. The molecule has 1 aliphatic rings. The van der Waals surface area contributed by atoms with Crippen LogP contribution in [-0.2, 0) is 22.2 Å². The first kappa shape index (κ1) is 22.4. The molecule has 0 saturated heterocycles. The zero-order valence-corrected chi connectivity index (χ0v) is 19.4. The Morgan fingerprint density at radius 2 is 1.91 bits per heavy atom. The van der Waals surface area contributed by atoms with Crippen LogP contribution >= 0.6 is 11.6 Å². The van der Waals surface area contributed by atoms with E-state index in [1.807, 2.05) is 29.8 Å². The standard InChI is InChI=1S/C25H27ClN2O4/c1-25(2,31)23-22(18-13-17(32-4)9-10-20(18)28(23)3)19-11-14(12-21(19)29)24(30)27-16-7-5-15(26)6-8-16/h5-10,13-14,19,31H,11-12H2,1-4H3,(H,27,30). The molecule has 0 bridgehead atoms. The quantitative estimate of drug-likeness (QED) is 0.582. The largest absolute Gasteiger partial charge is 0.497 e. The topological polar surface area (TPSA) is 80.6 Å². The van der Waals surface area contributed by atoms with Gasteiger partial charge in [-0.1, -0.05) is 11.6 Å². The Morgan fingerprint density at radius 3 is 2.53 bits per heavy atom. The third kappa shape index (κ3) is 4.00. The fraction of sp³-hybridized carbons (Fsp3) is 0.360. The van der Waals surface area contributed by atoms with E-state index in [0.29, 0.717) is 28.6 Å². The number of benzene rings is 2. The van der Waals surface area contributed by atoms with Crippen molar-refractivity contribution in [2.45, 2.75) is 38.2 Å². The van der Waals surface area contributed by atoms with Crippen molar-refractivity contribution in [3.63, 3.8) is 0 Å². The third-order valence-electron chi connectivity index (χ3n) is 6.21. The molecule has 6 nitrogen and oxygen atoms in total. The van der Waals surface area contributed by atoms with Crippen molar-refractivity contribution >= 4 is 39.9 Å². The minimum absolute atomic E-state index is 0.00192. The van der Waals surface area contributed by atoms with Gasteiger partial charge in [-0.05, 0) is 68.3 Å². The van der Waals surface area contributed by atoms with Crippen LogP contribution in [-0.4, -0.2) is 28.5 Å². The lowest BCUT2D eigenvalue weighted by Gasteiger charge is -2.23. The number of aryl methyl sites for hydroxylation is 1. The minimum atomic E-state index is -1.17. The van der Waals surface area contributed by atoms with Crippen molar-refractivity contribution in [2.24, 2.45) is 13.0 Å². The highest BCUT2D eigenvalue weighted by molar-refractivity contribution is 6.30. The van der Waals surface area contributed by atoms with Crippen molar-refractivity contribution in [1.82, 2.24) is 4.57 Å². The Kier molecular flexibility index (Phi) is 5.77. The van der Waals surface area contributed by atoms with Crippen LogP contribution in [0.2, 0.25) is 5.02 Å². The molecular weight excluding hydrogens is 428 g/mol. The van der Waals surface area contributed by atoms with E-state index in [0.717, 1.165) is 16.5 Å². The van der Waals surface area contributed by atoms with Crippen molar-refractivity contribution in [3.05, 3.63) is 58.7 Å². The van der Waals surface area contributed by atoms with Gasteiger partial charge in [0, 0.05) is 46.9 Å². The number of halogens is 1. The summed E-state index contributed by atoms with van der Waals surface area (Å²) in [5.41, 5.74) is 1.83. The molecule has 1 saturated carbocycles. The van der Waals surface area contributed by atoms with Gasteiger partial charge in [-0.15, -0.1) is 0 Å². The van der Waals surface area contributed by atoms with Crippen LogP contribution < -0.4 is 10.1 Å². The summed E-state index contributed by atoms with van der Waals surface area (Å²) in [7, 11) is 3.48. The number of amides is 1. The first-order valence-electron chi connectivity index (χ1n) is 10.6. The van der Waals surface area contributed by atoms with E-state index in [9.17, 15) is 14.7 Å². The molecule has 0 spiro atoms. The molecule has 0 aliphatic heterocycles. The number of hydrogen-bond acceptors (Lipinski definition) is 4. The zero-order valence-electron chi connectivity index (χ0n) is 18.6. The maximum atomic E-state index is 13.2. The number of nitrogens with one attached hydrogen (secondary N) is 1. The Bertz CT molecular complexity index is 1190. The highest BCUT2D eigenvalue weighted by Gasteiger charge is 2.42. The number of nitrogens with zero attached hydrogens (tertiary/aromatic N) is 1. The second kappa shape index (κ2) is 8.26. The number of aliphatic hydroxyl groups is 1. The van der Waals surface area contributed by atoms with Crippen LogP contribution in [0.1, 0.15) is 43.9 Å². The second-order valence-electron chi connectivity index (χ2n) is 8.92. The van der Waals surface area contributed by atoms with Crippen molar-refractivity contribution in [3.8, 4) is 5.75 Å². The first-order chi connectivity index (χ1) is 15.1. The van der Waals surface area contributed by atoms with E-state index in [1.54, 1.807) is 45.2 Å². The van der Waals surface area contributed by atoms with Gasteiger partial charge in [0.1, 0.15) is 11.5 Å². The molecule has 2 N–H and O–H groups in total. The van der Waals surface area contributed by atoms with Gasteiger partial charge >= 0.3 is 0 Å². The molecule has 3 aromatic rings. The summed E-state index contributed by atoms with van der Waals surface area (Å²) in [6.45, 7) is 3.43. The zero-order chi connectivity index (χ0) is 23.2. The lowest BCUT2D eigenvalue weighted by atomic mass is 9.88. The number of fused-ring (bicyclic) bond motifs is 1. The monoisotopic (exact) mass is 454 g/mol. The number of anilines is 1. The summed E-state index contributed by atoms with van der Waals surface area (Å²) in [5, 5.41) is 15.3. The minimum Gasteiger partial charge on any atom is -0.497 e. The average molecular weight is 455 g/mol. The highest BCUT2D eigenvalue weighted by Crippen LogP contribution is 2.45. The molecule has 168 valence electrons. The number of ketones is 1. The van der Waals surface area contributed by atoms with E-state index >= 15 is 0 Å². The predicted molar refractivity (Wildman–Crippen MR) is 125 cm³/mol. The molecular formula is C25H27ClN2O4. The number of rotatable bonds is 5.